The van der Waals surface area contributed by atoms with Crippen molar-refractivity contribution in [1.29, 1.82) is 0 Å². The monoisotopic (exact) mass is 299 g/mol. The summed E-state index contributed by atoms with van der Waals surface area (Å²) in [5.74, 6) is -0.166. The minimum Gasteiger partial charge on any atom is -0.409 e. The third-order valence-corrected chi connectivity index (χ3v) is 4.08. The second-order valence-corrected chi connectivity index (χ2v) is 5.63. The van der Waals surface area contributed by atoms with Crippen molar-refractivity contribution < 1.29 is 13.6 Å². The Kier molecular flexibility index (Phi) is 3.36. The number of aromatic nitrogens is 4. The lowest BCUT2D eigenvalue weighted by molar-refractivity contribution is 0.318. The zero-order chi connectivity index (χ0) is 14.9. The summed E-state index contributed by atoms with van der Waals surface area (Å²) in [6.45, 7) is 1.58. The van der Waals surface area contributed by atoms with E-state index in [4.69, 9.17) is 10.9 Å². The van der Waals surface area contributed by atoms with Gasteiger partial charge in [0.05, 0.1) is 23.7 Å². The van der Waals surface area contributed by atoms with Gasteiger partial charge in [0, 0.05) is 7.05 Å². The van der Waals surface area contributed by atoms with E-state index in [1.54, 1.807) is 6.92 Å². The van der Waals surface area contributed by atoms with Crippen molar-refractivity contribution in [3.05, 3.63) is 23.7 Å². The number of hydrogen-bond donors (Lipinski definition) is 4. The molecule has 0 radical (unpaired) electrons. The van der Waals surface area contributed by atoms with Crippen molar-refractivity contribution in [2.75, 3.05) is 4.72 Å². The van der Waals surface area contributed by atoms with Crippen molar-refractivity contribution in [2.24, 2.45) is 17.9 Å². The van der Waals surface area contributed by atoms with Gasteiger partial charge in [0.1, 0.15) is 10.7 Å². The van der Waals surface area contributed by atoms with E-state index in [1.165, 1.54) is 24.1 Å². The molecule has 0 unspecified atom stereocenters. The van der Waals surface area contributed by atoms with Crippen LogP contribution in [0.25, 0.3) is 0 Å². The lowest BCUT2D eigenvalue weighted by Gasteiger charge is -2.09. The maximum absolute atomic E-state index is 12.2. The zero-order valence-electron chi connectivity index (χ0n) is 10.7. The van der Waals surface area contributed by atoms with Gasteiger partial charge in [0.15, 0.2) is 5.84 Å². The average molecular weight is 299 g/mol. The average Bonchev–Trinajstić information content (AvgIpc) is 2.96. The van der Waals surface area contributed by atoms with E-state index < -0.39 is 10.0 Å². The molecular weight excluding hydrogens is 286 g/mol. The molecule has 5 N–H and O–H groups in total. The van der Waals surface area contributed by atoms with E-state index in [-0.39, 0.29) is 22.1 Å². The van der Waals surface area contributed by atoms with Crippen molar-refractivity contribution in [1.82, 2.24) is 20.0 Å². The fourth-order valence-electron chi connectivity index (χ4n) is 1.59. The van der Waals surface area contributed by atoms with Crippen LogP contribution in [-0.2, 0) is 17.1 Å². The molecule has 20 heavy (non-hydrogen) atoms. The van der Waals surface area contributed by atoms with Crippen molar-refractivity contribution in [3.8, 4) is 0 Å². The lowest BCUT2D eigenvalue weighted by atomic mass is 10.3. The highest BCUT2D eigenvalue weighted by atomic mass is 32.2. The molecule has 10 nitrogen and oxygen atoms in total. The topological polar surface area (TPSA) is 151 Å². The molecule has 11 heteroatoms. The smallest absolute Gasteiger partial charge is 0.266 e. The third kappa shape index (κ3) is 2.30. The van der Waals surface area contributed by atoms with E-state index >= 15 is 0 Å². The normalized spacial score (nSPS) is 12.6. The predicted molar refractivity (Wildman–Crippen MR) is 69.9 cm³/mol. The summed E-state index contributed by atoms with van der Waals surface area (Å²) < 4.78 is 28.1. The van der Waals surface area contributed by atoms with Gasteiger partial charge >= 0.3 is 0 Å². The molecule has 0 spiro atoms. The molecule has 108 valence electrons. The van der Waals surface area contributed by atoms with E-state index in [0.29, 0.717) is 5.69 Å². The second-order valence-electron chi connectivity index (χ2n) is 3.98. The van der Waals surface area contributed by atoms with Crippen LogP contribution in [0.4, 0.5) is 5.82 Å². The number of nitrogens with one attached hydrogen (secondary N) is 2. The van der Waals surface area contributed by atoms with Crippen LogP contribution in [0.2, 0.25) is 0 Å². The van der Waals surface area contributed by atoms with E-state index in [0.717, 1.165) is 0 Å². The van der Waals surface area contributed by atoms with Gasteiger partial charge in [-0.05, 0) is 6.92 Å². The van der Waals surface area contributed by atoms with Crippen LogP contribution in [0.15, 0.2) is 22.4 Å². The molecule has 0 saturated heterocycles. The fraction of sp³-hybridized carbons (Fsp3) is 0.222. The van der Waals surface area contributed by atoms with Crippen molar-refractivity contribution >= 4 is 21.7 Å². The summed E-state index contributed by atoms with van der Waals surface area (Å²) in [6, 6.07) is 0. The van der Waals surface area contributed by atoms with E-state index in [2.05, 4.69) is 25.2 Å². The van der Waals surface area contributed by atoms with E-state index in [9.17, 15) is 8.42 Å². The highest BCUT2D eigenvalue weighted by molar-refractivity contribution is 7.92. The van der Waals surface area contributed by atoms with Gasteiger partial charge in [-0.3, -0.25) is 14.5 Å². The molecule has 0 aliphatic carbocycles. The Hall–Kier alpha value is -2.56. The van der Waals surface area contributed by atoms with Gasteiger partial charge in [-0.1, -0.05) is 5.16 Å². The Bertz CT molecular complexity index is 758. The highest BCUT2D eigenvalue weighted by Gasteiger charge is 2.23. The van der Waals surface area contributed by atoms with Crippen LogP contribution >= 0.6 is 0 Å². The summed E-state index contributed by atoms with van der Waals surface area (Å²) in [5.41, 5.74) is 6.03. The third-order valence-electron chi connectivity index (χ3n) is 2.63. The van der Waals surface area contributed by atoms with Gasteiger partial charge < -0.3 is 10.9 Å². The number of rotatable bonds is 4. The van der Waals surface area contributed by atoms with E-state index in [1.807, 2.05) is 0 Å². The Morgan fingerprint density at radius 3 is 2.80 bits per heavy atom. The molecule has 0 aliphatic heterocycles. The Labute approximate surface area is 114 Å². The molecule has 0 fully saturated rings. The van der Waals surface area contributed by atoms with Crippen LogP contribution in [0.5, 0.6) is 0 Å². The number of H-pyrrole nitrogens is 1. The number of nitrogens with zero attached hydrogens (tertiary/aromatic N) is 4. The molecule has 0 amide bonds. The summed E-state index contributed by atoms with van der Waals surface area (Å²) >= 11 is 0. The summed E-state index contributed by atoms with van der Waals surface area (Å²) in [6.07, 6.45) is 2.48. The molecular formula is C9H13N7O3S. The molecule has 0 aromatic carbocycles. The lowest BCUT2D eigenvalue weighted by Crippen LogP contribution is -2.20. The fourth-order valence-corrected chi connectivity index (χ4v) is 2.84. The number of anilines is 1. The Morgan fingerprint density at radius 1 is 1.55 bits per heavy atom. The van der Waals surface area contributed by atoms with Gasteiger partial charge in [0.25, 0.3) is 10.0 Å². The molecule has 2 aromatic heterocycles. The number of amidine groups is 1. The van der Waals surface area contributed by atoms with Crippen molar-refractivity contribution in [3.63, 3.8) is 0 Å². The first-order valence-electron chi connectivity index (χ1n) is 5.39. The summed E-state index contributed by atoms with van der Waals surface area (Å²) in [7, 11) is -2.33. The van der Waals surface area contributed by atoms with Crippen LogP contribution in [0.3, 0.4) is 0 Å². The van der Waals surface area contributed by atoms with Gasteiger partial charge in [0.2, 0.25) is 0 Å². The maximum atomic E-state index is 12.2. The van der Waals surface area contributed by atoms with Crippen LogP contribution in [-0.4, -0.2) is 39.4 Å². The quantitative estimate of drug-likeness (QED) is 0.255. The van der Waals surface area contributed by atoms with Gasteiger partial charge in [-0.25, -0.2) is 8.42 Å². The highest BCUT2D eigenvalue weighted by Crippen LogP contribution is 2.20. The van der Waals surface area contributed by atoms with Crippen LogP contribution < -0.4 is 10.5 Å². The molecule has 0 atom stereocenters. The number of aryl methyl sites for hydroxylation is 2. The SMILES string of the molecule is Cc1[nH]ncc1S(=O)(=O)Nc1c(C(N)=NO)cnn1C. The largest absolute Gasteiger partial charge is 0.409 e. The molecule has 2 heterocycles. The number of aromatic amines is 1. The Balaban J connectivity index is 2.46. The molecule has 0 bridgehead atoms. The first-order chi connectivity index (χ1) is 9.36. The van der Waals surface area contributed by atoms with Crippen LogP contribution in [0, 0.1) is 6.92 Å². The summed E-state index contributed by atoms with van der Waals surface area (Å²) in [4.78, 5) is 0.00385. The molecule has 2 rings (SSSR count). The van der Waals surface area contributed by atoms with Crippen molar-refractivity contribution in [2.45, 2.75) is 11.8 Å². The zero-order valence-corrected chi connectivity index (χ0v) is 11.5. The Morgan fingerprint density at radius 2 is 2.25 bits per heavy atom. The maximum Gasteiger partial charge on any atom is 0.266 e. The number of nitrogens with two attached hydrogens (primary N) is 1. The van der Waals surface area contributed by atoms with Crippen LogP contribution in [0.1, 0.15) is 11.3 Å². The predicted octanol–water partition coefficient (Wildman–Crippen LogP) is -0.653. The standard InChI is InChI=1S/C9H13N7O3S/c1-5-7(4-11-13-5)20(18,19)15-9-6(8(10)14-17)3-12-16(9)2/h3-4,15,17H,1-2H3,(H2,10,14)(H,11,13). The minimum absolute atomic E-state index is 0.00385. The first-order valence-corrected chi connectivity index (χ1v) is 6.88. The summed E-state index contributed by atoms with van der Waals surface area (Å²) in [5, 5.41) is 21.6. The number of oxime groups is 1. The first kappa shape index (κ1) is 13.9. The number of sulfonamides is 1. The molecule has 0 saturated carbocycles. The minimum atomic E-state index is -3.85. The van der Waals surface area contributed by atoms with Gasteiger partial charge in [-0.2, -0.15) is 10.2 Å². The second kappa shape index (κ2) is 4.85. The van der Waals surface area contributed by atoms with Gasteiger partial charge in [-0.15, -0.1) is 0 Å². The molecule has 0 aliphatic rings. The molecule has 2 aromatic rings. The number of hydrogen-bond acceptors (Lipinski definition) is 6.